The number of nitrogens with one attached hydrogen (secondary N) is 2. The Bertz CT molecular complexity index is 504. The van der Waals surface area contributed by atoms with E-state index in [-0.39, 0.29) is 23.9 Å². The Labute approximate surface area is 124 Å². The summed E-state index contributed by atoms with van der Waals surface area (Å²) in [6.07, 6.45) is 4.07. The average Bonchev–Trinajstić information content (AvgIpc) is 2.77. The van der Waals surface area contributed by atoms with E-state index in [1.807, 2.05) is 26.0 Å². The Kier molecular flexibility index (Phi) is 4.77. The fourth-order valence-electron chi connectivity index (χ4n) is 2.50. The van der Waals surface area contributed by atoms with Gasteiger partial charge in [-0.15, -0.1) is 0 Å². The number of amides is 3. The molecule has 0 spiro atoms. The summed E-state index contributed by atoms with van der Waals surface area (Å²) >= 11 is 0. The van der Waals surface area contributed by atoms with Gasteiger partial charge in [0.15, 0.2) is 0 Å². The molecule has 0 aromatic carbocycles. The van der Waals surface area contributed by atoms with E-state index in [2.05, 4.69) is 15.6 Å². The molecule has 1 fully saturated rings. The summed E-state index contributed by atoms with van der Waals surface area (Å²) in [5.74, 6) is 0.204. The maximum atomic E-state index is 12.1. The van der Waals surface area contributed by atoms with Crippen molar-refractivity contribution in [3.63, 3.8) is 0 Å². The lowest BCUT2D eigenvalue weighted by molar-refractivity contribution is -0.128. The molecule has 6 nitrogen and oxygen atoms in total. The van der Waals surface area contributed by atoms with E-state index in [4.69, 9.17) is 0 Å². The summed E-state index contributed by atoms with van der Waals surface area (Å²) in [6, 6.07) is 2.94. The maximum Gasteiger partial charge on any atom is 0.315 e. The first-order valence-corrected chi connectivity index (χ1v) is 7.21. The van der Waals surface area contributed by atoms with Crippen LogP contribution in [-0.2, 0) is 4.79 Å². The monoisotopic (exact) mass is 290 g/mol. The molecular weight excluding hydrogens is 268 g/mol. The molecule has 0 unspecified atom stereocenters. The molecule has 0 bridgehead atoms. The molecule has 3 amide bonds. The van der Waals surface area contributed by atoms with Crippen molar-refractivity contribution in [1.29, 1.82) is 0 Å². The lowest BCUT2D eigenvalue weighted by Gasteiger charge is -2.24. The van der Waals surface area contributed by atoms with Gasteiger partial charge in [0.25, 0.3) is 0 Å². The highest BCUT2D eigenvalue weighted by Crippen LogP contribution is 2.20. The van der Waals surface area contributed by atoms with Crippen LogP contribution in [0.25, 0.3) is 0 Å². The molecule has 2 atom stereocenters. The van der Waals surface area contributed by atoms with E-state index < -0.39 is 6.04 Å². The Morgan fingerprint density at radius 3 is 2.57 bits per heavy atom. The third-order valence-electron chi connectivity index (χ3n) is 3.75. The predicted molar refractivity (Wildman–Crippen MR) is 79.5 cm³/mol. The number of rotatable bonds is 4. The summed E-state index contributed by atoms with van der Waals surface area (Å²) in [5.41, 5.74) is 1.00. The molecule has 2 N–H and O–H groups in total. The van der Waals surface area contributed by atoms with E-state index in [0.717, 1.165) is 5.56 Å². The van der Waals surface area contributed by atoms with Crippen molar-refractivity contribution in [1.82, 2.24) is 20.5 Å². The van der Waals surface area contributed by atoms with Crippen LogP contribution in [0, 0.1) is 5.92 Å². The Balaban J connectivity index is 1.98. The van der Waals surface area contributed by atoms with Crippen molar-refractivity contribution in [3.05, 3.63) is 30.1 Å². The van der Waals surface area contributed by atoms with Crippen molar-refractivity contribution in [3.8, 4) is 0 Å². The minimum atomic E-state index is -0.416. The molecule has 1 aliphatic rings. The zero-order valence-electron chi connectivity index (χ0n) is 12.7. The summed E-state index contributed by atoms with van der Waals surface area (Å²) in [6.45, 7) is 4.77. The van der Waals surface area contributed by atoms with Crippen molar-refractivity contribution in [2.45, 2.75) is 32.4 Å². The molecule has 6 heteroatoms. The van der Waals surface area contributed by atoms with E-state index in [0.29, 0.717) is 13.0 Å². The zero-order chi connectivity index (χ0) is 15.4. The number of pyridine rings is 1. The molecule has 1 saturated heterocycles. The number of likely N-dealkylation sites (N-methyl/N-ethyl adjacent to an activating group) is 1. The molecule has 1 aliphatic heterocycles. The second-order valence-electron chi connectivity index (χ2n) is 5.72. The van der Waals surface area contributed by atoms with Gasteiger partial charge in [0, 0.05) is 26.0 Å². The van der Waals surface area contributed by atoms with Crippen molar-refractivity contribution in [2.24, 2.45) is 5.92 Å². The molecule has 1 aromatic rings. The van der Waals surface area contributed by atoms with E-state index >= 15 is 0 Å². The number of likely N-dealkylation sites (tertiary alicyclic amines) is 1. The molecule has 21 heavy (non-hydrogen) atoms. The van der Waals surface area contributed by atoms with Gasteiger partial charge in [-0.25, -0.2) is 4.79 Å². The van der Waals surface area contributed by atoms with Crippen LogP contribution in [0.15, 0.2) is 24.5 Å². The highest BCUT2D eigenvalue weighted by molar-refractivity contribution is 5.88. The Hall–Kier alpha value is -2.11. The van der Waals surface area contributed by atoms with Crippen LogP contribution in [0.1, 0.15) is 31.9 Å². The number of carbonyl (C=O) groups excluding carboxylic acids is 2. The van der Waals surface area contributed by atoms with E-state index in [1.54, 1.807) is 24.3 Å². The third kappa shape index (κ3) is 3.71. The number of carbonyl (C=O) groups is 2. The number of hydrogen-bond acceptors (Lipinski definition) is 3. The molecule has 2 rings (SSSR count). The van der Waals surface area contributed by atoms with Crippen molar-refractivity contribution in [2.75, 3.05) is 13.6 Å². The highest BCUT2D eigenvalue weighted by atomic mass is 16.2. The molecule has 2 heterocycles. The van der Waals surface area contributed by atoms with Gasteiger partial charge in [0.1, 0.15) is 6.04 Å². The summed E-state index contributed by atoms with van der Waals surface area (Å²) in [7, 11) is 1.75. The van der Waals surface area contributed by atoms with Gasteiger partial charge in [0.05, 0.1) is 6.04 Å². The predicted octanol–water partition coefficient (Wildman–Crippen LogP) is 1.31. The average molecular weight is 290 g/mol. The van der Waals surface area contributed by atoms with Crippen molar-refractivity contribution < 1.29 is 9.59 Å². The smallest absolute Gasteiger partial charge is 0.315 e. The van der Waals surface area contributed by atoms with Crippen LogP contribution >= 0.6 is 0 Å². The van der Waals surface area contributed by atoms with E-state index in [1.165, 1.54) is 0 Å². The van der Waals surface area contributed by atoms with Gasteiger partial charge in [-0.3, -0.25) is 9.78 Å². The summed E-state index contributed by atoms with van der Waals surface area (Å²) in [5, 5.41) is 5.70. The lowest BCUT2D eigenvalue weighted by Crippen LogP contribution is -2.47. The lowest BCUT2D eigenvalue weighted by atomic mass is 9.97. The fraction of sp³-hybridized carbons (Fsp3) is 0.533. The second-order valence-corrected chi connectivity index (χ2v) is 5.72. The fourth-order valence-corrected chi connectivity index (χ4v) is 2.50. The minimum Gasteiger partial charge on any atom is -0.344 e. The van der Waals surface area contributed by atoms with Gasteiger partial charge >= 0.3 is 6.03 Å². The zero-order valence-corrected chi connectivity index (χ0v) is 12.7. The number of urea groups is 1. The molecule has 0 aliphatic carbocycles. The minimum absolute atomic E-state index is 0.0323. The summed E-state index contributed by atoms with van der Waals surface area (Å²) < 4.78 is 0. The Morgan fingerprint density at radius 2 is 2.05 bits per heavy atom. The van der Waals surface area contributed by atoms with Gasteiger partial charge in [-0.1, -0.05) is 13.8 Å². The summed E-state index contributed by atoms with van der Waals surface area (Å²) in [4.78, 5) is 29.6. The Morgan fingerprint density at radius 1 is 1.38 bits per heavy atom. The molecular formula is C15H22N4O2. The van der Waals surface area contributed by atoms with Gasteiger partial charge in [0.2, 0.25) is 5.91 Å². The quantitative estimate of drug-likeness (QED) is 0.878. The van der Waals surface area contributed by atoms with Crippen LogP contribution in [0.3, 0.4) is 0 Å². The van der Waals surface area contributed by atoms with Crippen LogP contribution in [-0.4, -0.2) is 41.5 Å². The molecule has 1 aromatic heterocycles. The topological polar surface area (TPSA) is 74.3 Å². The normalized spacial score (nSPS) is 19.7. The maximum absolute atomic E-state index is 12.1. The second kappa shape index (κ2) is 6.56. The van der Waals surface area contributed by atoms with Gasteiger partial charge in [-0.2, -0.15) is 0 Å². The number of hydrogen-bond donors (Lipinski definition) is 2. The SMILES string of the molecule is CC(C)[C@@H](NC(=O)N[C@H]1CCN(C)C1=O)c1ccncc1. The van der Waals surface area contributed by atoms with Crippen LogP contribution in [0.2, 0.25) is 0 Å². The molecule has 114 valence electrons. The van der Waals surface area contributed by atoms with Crippen molar-refractivity contribution >= 4 is 11.9 Å². The largest absolute Gasteiger partial charge is 0.344 e. The third-order valence-corrected chi connectivity index (χ3v) is 3.75. The first kappa shape index (κ1) is 15.3. The standard InChI is InChI=1S/C15H22N4O2/c1-10(2)13(11-4-7-16-8-5-11)18-15(21)17-12-6-9-19(3)14(12)20/h4-5,7-8,10,12-13H,6,9H2,1-3H3,(H2,17,18,21)/t12-,13+/m0/s1. The van der Waals surface area contributed by atoms with Crippen LogP contribution in [0.5, 0.6) is 0 Å². The van der Waals surface area contributed by atoms with Gasteiger partial charge in [-0.05, 0) is 30.0 Å². The molecule has 0 radical (unpaired) electrons. The highest BCUT2D eigenvalue weighted by Gasteiger charge is 2.30. The van der Waals surface area contributed by atoms with Crippen LogP contribution in [0.4, 0.5) is 4.79 Å². The first-order chi connectivity index (χ1) is 9.99. The number of aromatic nitrogens is 1. The molecule has 0 saturated carbocycles. The first-order valence-electron chi connectivity index (χ1n) is 7.21. The van der Waals surface area contributed by atoms with Crippen LogP contribution < -0.4 is 10.6 Å². The van der Waals surface area contributed by atoms with E-state index in [9.17, 15) is 9.59 Å². The van der Waals surface area contributed by atoms with Gasteiger partial charge < -0.3 is 15.5 Å². The number of nitrogens with zero attached hydrogens (tertiary/aromatic N) is 2.